The Hall–Kier alpha value is -0.920. The Morgan fingerprint density at radius 2 is 2.21 bits per heavy atom. The highest BCUT2D eigenvalue weighted by atomic mass is 79.9. The van der Waals surface area contributed by atoms with Crippen molar-refractivity contribution in [1.29, 1.82) is 0 Å². The molecule has 1 fully saturated rings. The van der Waals surface area contributed by atoms with Gasteiger partial charge in [0.25, 0.3) is 0 Å². The number of sulfone groups is 1. The van der Waals surface area contributed by atoms with E-state index in [4.69, 9.17) is 0 Å². The van der Waals surface area contributed by atoms with E-state index in [1.807, 2.05) is 0 Å². The molecule has 0 bridgehead atoms. The van der Waals surface area contributed by atoms with Crippen LogP contribution in [0.5, 0.6) is 0 Å². The third-order valence-corrected chi connectivity index (χ3v) is 5.14. The van der Waals surface area contributed by atoms with Gasteiger partial charge in [0.15, 0.2) is 9.84 Å². The lowest BCUT2D eigenvalue weighted by atomic mass is 10.2. The fourth-order valence-corrected chi connectivity index (χ4v) is 3.69. The molecule has 104 valence electrons. The Morgan fingerprint density at radius 1 is 1.42 bits per heavy atom. The highest BCUT2D eigenvalue weighted by Gasteiger charge is 2.21. The average molecular weight is 347 g/mol. The smallest absolute Gasteiger partial charge is 0.221 e. The van der Waals surface area contributed by atoms with Crippen molar-refractivity contribution in [3.8, 4) is 0 Å². The summed E-state index contributed by atoms with van der Waals surface area (Å²) in [4.78, 5) is 11.3. The molecule has 2 rings (SSSR count). The van der Waals surface area contributed by atoms with E-state index in [1.54, 1.807) is 24.3 Å². The Balaban J connectivity index is 1.89. The number of hydrogen-bond acceptors (Lipinski definition) is 4. The summed E-state index contributed by atoms with van der Waals surface area (Å²) in [6, 6.07) is 6.69. The third-order valence-electron chi connectivity index (χ3n) is 2.94. The van der Waals surface area contributed by atoms with Gasteiger partial charge in [-0.1, -0.05) is 22.0 Å². The molecule has 1 saturated heterocycles. The Labute approximate surface area is 120 Å². The largest absolute Gasteiger partial charge is 0.354 e. The van der Waals surface area contributed by atoms with Gasteiger partial charge < -0.3 is 10.6 Å². The molecule has 1 aliphatic heterocycles. The lowest BCUT2D eigenvalue weighted by Crippen LogP contribution is -2.34. The predicted octanol–water partition coefficient (Wildman–Crippen LogP) is 0.701. The topological polar surface area (TPSA) is 75.3 Å². The van der Waals surface area contributed by atoms with Crippen molar-refractivity contribution in [2.45, 2.75) is 17.4 Å². The number of halogens is 1. The van der Waals surface area contributed by atoms with Crippen LogP contribution >= 0.6 is 15.9 Å². The number of benzene rings is 1. The molecule has 1 heterocycles. The molecule has 7 heteroatoms. The summed E-state index contributed by atoms with van der Waals surface area (Å²) < 4.78 is 24.9. The zero-order chi connectivity index (χ0) is 13.9. The van der Waals surface area contributed by atoms with E-state index < -0.39 is 9.84 Å². The molecule has 1 atom stereocenters. The first-order chi connectivity index (χ1) is 8.97. The number of hydrogen-bond donors (Lipinski definition) is 2. The van der Waals surface area contributed by atoms with E-state index in [0.29, 0.717) is 24.4 Å². The second-order valence-electron chi connectivity index (χ2n) is 4.44. The molecule has 0 saturated carbocycles. The molecule has 5 nitrogen and oxygen atoms in total. The zero-order valence-electron chi connectivity index (χ0n) is 10.2. The van der Waals surface area contributed by atoms with Crippen molar-refractivity contribution in [2.24, 2.45) is 0 Å². The van der Waals surface area contributed by atoms with Gasteiger partial charge in [-0.3, -0.25) is 4.79 Å². The Bertz CT molecular complexity index is 574. The van der Waals surface area contributed by atoms with Crippen LogP contribution in [0.2, 0.25) is 0 Å². The summed E-state index contributed by atoms with van der Waals surface area (Å²) in [5.74, 6) is 0.0288. The van der Waals surface area contributed by atoms with Gasteiger partial charge in [-0.2, -0.15) is 0 Å². The SMILES string of the molecule is O=C1CC(NCCS(=O)(=O)c2cccc(Br)c2)CN1. The minimum absolute atomic E-state index is 0.00680. The normalized spacial score (nSPS) is 19.4. The molecule has 1 unspecified atom stereocenters. The van der Waals surface area contributed by atoms with Crippen molar-refractivity contribution in [3.05, 3.63) is 28.7 Å². The number of carbonyl (C=O) groups excluding carboxylic acids is 1. The molecular weight excluding hydrogens is 332 g/mol. The van der Waals surface area contributed by atoms with Gasteiger partial charge in [0.05, 0.1) is 10.6 Å². The quantitative estimate of drug-likeness (QED) is 0.822. The van der Waals surface area contributed by atoms with Crippen LogP contribution < -0.4 is 10.6 Å². The number of carbonyl (C=O) groups is 1. The van der Waals surface area contributed by atoms with Crippen LogP contribution in [0, 0.1) is 0 Å². The fourth-order valence-electron chi connectivity index (χ4n) is 1.93. The summed E-state index contributed by atoms with van der Waals surface area (Å²) in [5.41, 5.74) is 0. The highest BCUT2D eigenvalue weighted by molar-refractivity contribution is 9.10. The fraction of sp³-hybridized carbons (Fsp3) is 0.417. The van der Waals surface area contributed by atoms with Gasteiger partial charge in [-0.05, 0) is 18.2 Å². The van der Waals surface area contributed by atoms with E-state index in [1.165, 1.54) is 0 Å². The van der Waals surface area contributed by atoms with Crippen LogP contribution in [-0.2, 0) is 14.6 Å². The lowest BCUT2D eigenvalue weighted by molar-refractivity contribution is -0.119. The van der Waals surface area contributed by atoms with Crippen LogP contribution in [0.15, 0.2) is 33.6 Å². The van der Waals surface area contributed by atoms with Crippen molar-refractivity contribution in [1.82, 2.24) is 10.6 Å². The Kier molecular flexibility index (Phi) is 4.59. The van der Waals surface area contributed by atoms with Gasteiger partial charge in [0.2, 0.25) is 5.91 Å². The maximum Gasteiger partial charge on any atom is 0.221 e. The van der Waals surface area contributed by atoms with E-state index >= 15 is 0 Å². The first-order valence-electron chi connectivity index (χ1n) is 5.96. The lowest BCUT2D eigenvalue weighted by Gasteiger charge is -2.10. The summed E-state index contributed by atoms with van der Waals surface area (Å²) in [5, 5.41) is 5.78. The standard InChI is InChI=1S/C12H15BrN2O3S/c13-9-2-1-3-11(6-9)19(17,18)5-4-14-10-7-12(16)15-8-10/h1-3,6,10,14H,4-5,7-8H2,(H,15,16). The van der Waals surface area contributed by atoms with Gasteiger partial charge >= 0.3 is 0 Å². The van der Waals surface area contributed by atoms with Gasteiger partial charge in [-0.25, -0.2) is 8.42 Å². The molecule has 19 heavy (non-hydrogen) atoms. The van der Waals surface area contributed by atoms with Crippen molar-refractivity contribution in [3.63, 3.8) is 0 Å². The minimum Gasteiger partial charge on any atom is -0.354 e. The van der Waals surface area contributed by atoms with Gasteiger partial charge in [0, 0.05) is 30.0 Å². The average Bonchev–Trinajstić information content (AvgIpc) is 2.75. The summed E-state index contributed by atoms with van der Waals surface area (Å²) in [7, 11) is -3.29. The number of amides is 1. The predicted molar refractivity (Wildman–Crippen MR) is 75.6 cm³/mol. The molecule has 0 spiro atoms. The molecule has 1 amide bonds. The number of nitrogens with one attached hydrogen (secondary N) is 2. The monoisotopic (exact) mass is 346 g/mol. The van der Waals surface area contributed by atoms with Crippen LogP contribution in [0.1, 0.15) is 6.42 Å². The molecular formula is C12H15BrN2O3S. The minimum atomic E-state index is -3.29. The maximum atomic E-state index is 12.1. The van der Waals surface area contributed by atoms with Crippen LogP contribution in [0.3, 0.4) is 0 Å². The summed E-state index contributed by atoms with van der Waals surface area (Å²) in [6.45, 7) is 0.907. The summed E-state index contributed by atoms with van der Waals surface area (Å²) in [6.07, 6.45) is 0.414. The van der Waals surface area contributed by atoms with Gasteiger partial charge in [-0.15, -0.1) is 0 Å². The molecule has 0 radical (unpaired) electrons. The zero-order valence-corrected chi connectivity index (χ0v) is 12.6. The first-order valence-corrected chi connectivity index (χ1v) is 8.40. The molecule has 2 N–H and O–H groups in total. The second-order valence-corrected chi connectivity index (χ2v) is 7.46. The van der Waals surface area contributed by atoms with Crippen molar-refractivity contribution >= 4 is 31.7 Å². The molecule has 0 aromatic heterocycles. The van der Waals surface area contributed by atoms with Crippen molar-refractivity contribution < 1.29 is 13.2 Å². The Morgan fingerprint density at radius 3 is 2.84 bits per heavy atom. The third kappa shape index (κ3) is 4.02. The van der Waals surface area contributed by atoms with E-state index in [9.17, 15) is 13.2 Å². The molecule has 0 aliphatic carbocycles. The van der Waals surface area contributed by atoms with E-state index in [-0.39, 0.29) is 17.7 Å². The van der Waals surface area contributed by atoms with Crippen LogP contribution in [0.25, 0.3) is 0 Å². The molecule has 1 aromatic rings. The summed E-state index contributed by atoms with van der Waals surface area (Å²) >= 11 is 3.26. The second kappa shape index (κ2) is 6.02. The highest BCUT2D eigenvalue weighted by Crippen LogP contribution is 2.17. The van der Waals surface area contributed by atoms with Crippen LogP contribution in [-0.4, -0.2) is 39.2 Å². The van der Waals surface area contributed by atoms with E-state index in [0.717, 1.165) is 4.47 Å². The van der Waals surface area contributed by atoms with Crippen molar-refractivity contribution in [2.75, 3.05) is 18.8 Å². The van der Waals surface area contributed by atoms with Crippen LogP contribution in [0.4, 0.5) is 0 Å². The van der Waals surface area contributed by atoms with E-state index in [2.05, 4.69) is 26.6 Å². The molecule has 1 aromatic carbocycles. The maximum absolute atomic E-state index is 12.1. The first kappa shape index (κ1) is 14.5. The number of rotatable bonds is 5. The molecule has 1 aliphatic rings. The van der Waals surface area contributed by atoms with Gasteiger partial charge in [0.1, 0.15) is 0 Å².